The van der Waals surface area contributed by atoms with Gasteiger partial charge in [-0.2, -0.15) is 5.26 Å². The Morgan fingerprint density at radius 3 is 2.31 bits per heavy atom. The highest BCUT2D eigenvalue weighted by molar-refractivity contribution is 7.90. The summed E-state index contributed by atoms with van der Waals surface area (Å²) < 4.78 is 30.0. The molecule has 6 heteroatoms. The number of nitrogens with one attached hydrogen (secondary N) is 1. The van der Waals surface area contributed by atoms with Crippen molar-refractivity contribution in [1.82, 2.24) is 4.72 Å². The molecule has 2 aromatic rings. The third-order valence-corrected chi connectivity index (χ3v) is 7.09. The third-order valence-electron chi connectivity index (χ3n) is 5.44. The number of anilines is 1. The van der Waals surface area contributed by atoms with Crippen LogP contribution in [0.4, 0.5) is 10.1 Å². The van der Waals surface area contributed by atoms with Crippen molar-refractivity contribution in [2.75, 3.05) is 5.73 Å². The van der Waals surface area contributed by atoms with Gasteiger partial charge in [0.05, 0.1) is 17.3 Å². The highest BCUT2D eigenvalue weighted by Crippen LogP contribution is 2.42. The number of nitrogen functional groups attached to an aromatic ring is 1. The Balaban J connectivity index is 2.14. The average Bonchev–Trinajstić information content (AvgIpc) is 3.51. The molecule has 1 aliphatic carbocycles. The topological polar surface area (TPSA) is 84.9 Å². The van der Waals surface area contributed by atoms with Crippen molar-refractivity contribution in [3.05, 3.63) is 65.0 Å². The van der Waals surface area contributed by atoms with E-state index in [9.17, 15) is 14.2 Å². The molecule has 2 aromatic carbocycles. The number of hydrogen-bond acceptors (Lipinski definition) is 4. The van der Waals surface area contributed by atoms with Crippen LogP contribution in [-0.4, -0.2) is 9.30 Å². The minimum atomic E-state index is -1.37. The maximum Gasteiger partial charge on any atom is 0.146 e. The van der Waals surface area contributed by atoms with E-state index in [1.807, 2.05) is 32.9 Å². The lowest BCUT2D eigenvalue weighted by Crippen LogP contribution is -2.52. The van der Waals surface area contributed by atoms with Crippen LogP contribution in [-0.2, 0) is 16.9 Å². The summed E-state index contributed by atoms with van der Waals surface area (Å²) in [6.07, 6.45) is 4.08. The van der Waals surface area contributed by atoms with Gasteiger partial charge in [0.25, 0.3) is 0 Å². The van der Waals surface area contributed by atoms with Crippen molar-refractivity contribution in [3.8, 4) is 6.07 Å². The van der Waals surface area contributed by atoms with Gasteiger partial charge in [0.15, 0.2) is 0 Å². The lowest BCUT2D eigenvalue weighted by Gasteiger charge is -2.39. The van der Waals surface area contributed by atoms with Crippen molar-refractivity contribution < 1.29 is 8.94 Å². The molecule has 0 radical (unpaired) electrons. The summed E-state index contributed by atoms with van der Waals surface area (Å²) in [5.41, 5.74) is 7.40. The maximum atomic E-state index is 13.9. The van der Waals surface area contributed by atoms with E-state index in [1.54, 1.807) is 24.3 Å². The molecule has 0 unspecified atom stereocenters. The quantitative estimate of drug-likeness (QED) is 0.506. The standard InChI is InChI=1S/C23H28FN3OS/c1-22(2,3)29(28)27-23(13-12-16-4-5-16,18-8-6-17(15-25)7-9-18)19-10-11-20(24)21(26)14-19/h6-11,14,16,27H,4-5,12-13,26H2,1-3H3/t23-,29-/m1/s1. The molecular formula is C23H28FN3OS. The second kappa shape index (κ2) is 8.35. The average molecular weight is 414 g/mol. The van der Waals surface area contributed by atoms with Gasteiger partial charge in [0.1, 0.15) is 16.1 Å². The number of nitrogens with two attached hydrogens (primary N) is 1. The Morgan fingerprint density at radius 2 is 1.79 bits per heavy atom. The molecule has 0 heterocycles. The van der Waals surface area contributed by atoms with Crippen molar-refractivity contribution >= 4 is 17.0 Å². The molecule has 0 spiro atoms. The van der Waals surface area contributed by atoms with Crippen LogP contribution in [0.1, 0.15) is 63.1 Å². The van der Waals surface area contributed by atoms with Crippen LogP contribution < -0.4 is 10.5 Å². The molecule has 3 rings (SSSR count). The fraction of sp³-hybridized carbons (Fsp3) is 0.435. The zero-order valence-corrected chi connectivity index (χ0v) is 18.0. The Kier molecular flexibility index (Phi) is 6.23. The van der Waals surface area contributed by atoms with Crippen LogP contribution >= 0.6 is 0 Å². The van der Waals surface area contributed by atoms with Gasteiger partial charge in [0.2, 0.25) is 0 Å². The molecule has 1 fully saturated rings. The van der Waals surface area contributed by atoms with Crippen molar-refractivity contribution in [1.29, 1.82) is 5.26 Å². The fourth-order valence-corrected chi connectivity index (χ4v) is 4.36. The molecule has 0 aromatic heterocycles. The molecule has 0 saturated heterocycles. The molecule has 1 aliphatic rings. The minimum Gasteiger partial charge on any atom is -0.598 e. The van der Waals surface area contributed by atoms with Gasteiger partial charge in [-0.25, -0.2) is 4.39 Å². The molecular weight excluding hydrogens is 385 g/mol. The summed E-state index contributed by atoms with van der Waals surface area (Å²) in [6.45, 7) is 5.75. The third kappa shape index (κ3) is 4.92. The molecule has 0 bridgehead atoms. The Labute approximate surface area is 175 Å². The molecule has 0 aliphatic heterocycles. The van der Waals surface area contributed by atoms with Crippen LogP contribution in [0.25, 0.3) is 0 Å². The largest absolute Gasteiger partial charge is 0.598 e. The van der Waals surface area contributed by atoms with Crippen LogP contribution in [0.15, 0.2) is 42.5 Å². The smallest absolute Gasteiger partial charge is 0.146 e. The number of rotatable bonds is 7. The van der Waals surface area contributed by atoms with E-state index in [2.05, 4.69) is 10.8 Å². The Hall–Kier alpha value is -2.07. The first kappa shape index (κ1) is 21.6. The van der Waals surface area contributed by atoms with Gasteiger partial charge in [-0.15, -0.1) is 4.72 Å². The summed E-state index contributed by atoms with van der Waals surface area (Å²) >= 11 is -1.37. The summed E-state index contributed by atoms with van der Waals surface area (Å²) in [4.78, 5) is 0. The first-order valence-electron chi connectivity index (χ1n) is 9.91. The monoisotopic (exact) mass is 413 g/mol. The van der Waals surface area contributed by atoms with E-state index in [4.69, 9.17) is 5.73 Å². The number of halogens is 1. The van der Waals surface area contributed by atoms with Gasteiger partial charge < -0.3 is 10.3 Å². The van der Waals surface area contributed by atoms with Crippen LogP contribution in [0, 0.1) is 23.1 Å². The van der Waals surface area contributed by atoms with Crippen LogP contribution in [0.5, 0.6) is 0 Å². The lowest BCUT2D eigenvalue weighted by molar-refractivity contribution is 0.401. The van der Waals surface area contributed by atoms with Gasteiger partial charge in [-0.1, -0.05) is 31.0 Å². The number of hydrogen-bond donors (Lipinski definition) is 2. The summed E-state index contributed by atoms with van der Waals surface area (Å²) in [6, 6.07) is 14.1. The summed E-state index contributed by atoms with van der Waals surface area (Å²) in [5, 5.41) is 9.18. The Morgan fingerprint density at radius 1 is 1.17 bits per heavy atom. The second-order valence-electron chi connectivity index (χ2n) is 8.80. The number of nitriles is 1. The molecule has 1 saturated carbocycles. The van der Waals surface area contributed by atoms with Crippen LogP contribution in [0.3, 0.4) is 0 Å². The van der Waals surface area contributed by atoms with Crippen molar-refractivity contribution in [2.24, 2.45) is 5.92 Å². The SMILES string of the molecule is CC(C)(C)[S@@+]([O-])N[C@](CCC1CC1)(c1ccc(C#N)cc1)c1ccc(F)c(N)c1. The molecule has 154 valence electrons. The Bertz CT molecular complexity index is 900. The van der Waals surface area contributed by atoms with Gasteiger partial charge in [-0.3, -0.25) is 0 Å². The number of nitrogens with zero attached hydrogens (tertiary/aromatic N) is 1. The first-order chi connectivity index (χ1) is 13.7. The predicted molar refractivity (Wildman–Crippen MR) is 116 cm³/mol. The minimum absolute atomic E-state index is 0.0651. The highest BCUT2D eigenvalue weighted by Gasteiger charge is 2.43. The van der Waals surface area contributed by atoms with E-state index < -0.39 is 27.5 Å². The second-order valence-corrected chi connectivity index (χ2v) is 10.8. The molecule has 29 heavy (non-hydrogen) atoms. The van der Waals surface area contributed by atoms with Crippen molar-refractivity contribution in [2.45, 2.75) is 56.7 Å². The predicted octanol–water partition coefficient (Wildman–Crippen LogP) is 4.77. The number of benzene rings is 2. The first-order valence-corrected chi connectivity index (χ1v) is 11.1. The van der Waals surface area contributed by atoms with Gasteiger partial charge in [0, 0.05) is 11.4 Å². The van der Waals surface area contributed by atoms with Gasteiger partial charge >= 0.3 is 0 Å². The lowest BCUT2D eigenvalue weighted by atomic mass is 9.79. The molecule has 3 N–H and O–H groups in total. The zero-order chi connectivity index (χ0) is 21.2. The highest BCUT2D eigenvalue weighted by atomic mass is 32.2. The summed E-state index contributed by atoms with van der Waals surface area (Å²) in [5.74, 6) is 0.192. The normalized spacial score (nSPS) is 17.4. The maximum absolute atomic E-state index is 13.9. The van der Waals surface area contributed by atoms with Crippen molar-refractivity contribution in [3.63, 3.8) is 0 Å². The molecule has 2 atom stereocenters. The summed E-state index contributed by atoms with van der Waals surface area (Å²) in [7, 11) is 0. The molecule has 0 amide bonds. The molecule has 4 nitrogen and oxygen atoms in total. The van der Waals surface area contributed by atoms with E-state index in [0.717, 1.165) is 17.5 Å². The van der Waals surface area contributed by atoms with E-state index in [0.29, 0.717) is 17.9 Å². The van der Waals surface area contributed by atoms with Gasteiger partial charge in [-0.05, 0) is 74.9 Å². The van der Waals surface area contributed by atoms with E-state index >= 15 is 0 Å². The van der Waals surface area contributed by atoms with E-state index in [1.165, 1.54) is 18.9 Å². The van der Waals surface area contributed by atoms with Crippen LogP contribution in [0.2, 0.25) is 0 Å². The fourth-order valence-electron chi connectivity index (χ4n) is 3.40. The van der Waals surface area contributed by atoms with E-state index in [-0.39, 0.29) is 5.69 Å². The zero-order valence-electron chi connectivity index (χ0n) is 17.2.